The molecule has 1 atom stereocenters. The molecule has 0 fully saturated rings. The van der Waals surface area contributed by atoms with Crippen LogP contribution in [0.3, 0.4) is 0 Å². The third-order valence-electron chi connectivity index (χ3n) is 3.21. The van der Waals surface area contributed by atoms with Gasteiger partial charge in [-0.2, -0.15) is 0 Å². The lowest BCUT2D eigenvalue weighted by Crippen LogP contribution is -2.42. The first-order valence-corrected chi connectivity index (χ1v) is 6.81. The summed E-state index contributed by atoms with van der Waals surface area (Å²) in [6.07, 6.45) is 2.09. The first-order valence-electron chi connectivity index (χ1n) is 6.81. The predicted octanol–water partition coefficient (Wildman–Crippen LogP) is 3.07. The summed E-state index contributed by atoms with van der Waals surface area (Å²) >= 11 is 0. The van der Waals surface area contributed by atoms with Crippen LogP contribution in [0.25, 0.3) is 0 Å². The largest absolute Gasteiger partial charge is 0.480 e. The molecule has 3 N–H and O–H groups in total. The van der Waals surface area contributed by atoms with Crippen molar-refractivity contribution in [2.75, 3.05) is 5.32 Å². The lowest BCUT2D eigenvalue weighted by molar-refractivity contribution is -0.139. The Morgan fingerprint density at radius 1 is 1.25 bits per heavy atom. The Hall–Kier alpha value is -2.04. The SMILES string of the molecule is CCCC[C@H](NC(=O)Nc1ccc(C)c(C)c1)C(=O)O. The number of carbonyl (C=O) groups is 2. The first-order chi connectivity index (χ1) is 9.43. The van der Waals surface area contributed by atoms with Crippen molar-refractivity contribution in [2.24, 2.45) is 0 Å². The fourth-order valence-corrected chi connectivity index (χ4v) is 1.81. The summed E-state index contributed by atoms with van der Waals surface area (Å²) in [7, 11) is 0. The van der Waals surface area contributed by atoms with Crippen LogP contribution >= 0.6 is 0 Å². The molecule has 0 aromatic heterocycles. The predicted molar refractivity (Wildman–Crippen MR) is 79.0 cm³/mol. The number of aliphatic carboxylic acids is 1. The Balaban J connectivity index is 2.60. The summed E-state index contributed by atoms with van der Waals surface area (Å²) in [5.41, 5.74) is 2.87. The van der Waals surface area contributed by atoms with Crippen LogP contribution in [0.5, 0.6) is 0 Å². The van der Waals surface area contributed by atoms with Gasteiger partial charge in [-0.25, -0.2) is 9.59 Å². The number of benzene rings is 1. The zero-order chi connectivity index (χ0) is 15.1. The fraction of sp³-hybridized carbons (Fsp3) is 0.467. The van der Waals surface area contributed by atoms with Gasteiger partial charge in [0.1, 0.15) is 6.04 Å². The van der Waals surface area contributed by atoms with Crippen LogP contribution in [0.4, 0.5) is 10.5 Å². The molecule has 1 aromatic rings. The smallest absolute Gasteiger partial charge is 0.326 e. The number of carbonyl (C=O) groups excluding carboxylic acids is 1. The Labute approximate surface area is 119 Å². The van der Waals surface area contributed by atoms with Crippen LogP contribution in [0.15, 0.2) is 18.2 Å². The summed E-state index contributed by atoms with van der Waals surface area (Å²) in [5, 5.41) is 14.2. The third-order valence-corrected chi connectivity index (χ3v) is 3.21. The van der Waals surface area contributed by atoms with Gasteiger partial charge >= 0.3 is 12.0 Å². The summed E-state index contributed by atoms with van der Waals surface area (Å²) < 4.78 is 0. The molecule has 0 spiro atoms. The number of urea groups is 1. The molecule has 0 heterocycles. The van der Waals surface area contributed by atoms with E-state index in [2.05, 4.69) is 10.6 Å². The summed E-state index contributed by atoms with van der Waals surface area (Å²) in [6.45, 7) is 5.93. The van der Waals surface area contributed by atoms with Gasteiger partial charge in [0.2, 0.25) is 0 Å². The Bertz CT molecular complexity index is 486. The molecule has 0 bridgehead atoms. The molecule has 5 heteroatoms. The van der Waals surface area contributed by atoms with E-state index in [1.165, 1.54) is 0 Å². The zero-order valence-electron chi connectivity index (χ0n) is 12.2. The maximum atomic E-state index is 11.8. The quantitative estimate of drug-likeness (QED) is 0.748. The van der Waals surface area contributed by atoms with Gasteiger partial charge in [-0.05, 0) is 43.5 Å². The second-order valence-electron chi connectivity index (χ2n) is 4.93. The fourth-order valence-electron chi connectivity index (χ4n) is 1.81. The molecule has 20 heavy (non-hydrogen) atoms. The molecule has 2 amide bonds. The van der Waals surface area contributed by atoms with Crippen LogP contribution in [-0.2, 0) is 4.79 Å². The average molecular weight is 278 g/mol. The highest BCUT2D eigenvalue weighted by molar-refractivity contribution is 5.92. The standard InChI is InChI=1S/C15H22N2O3/c1-4-5-6-13(14(18)19)17-15(20)16-12-8-7-10(2)11(3)9-12/h7-9,13H,4-6H2,1-3H3,(H,18,19)(H2,16,17,20)/t13-/m0/s1. The molecule has 110 valence electrons. The molecular weight excluding hydrogens is 256 g/mol. The first kappa shape index (κ1) is 16.0. The van der Waals surface area contributed by atoms with E-state index in [1.807, 2.05) is 32.9 Å². The van der Waals surface area contributed by atoms with Gasteiger partial charge in [0.15, 0.2) is 0 Å². The number of hydrogen-bond donors (Lipinski definition) is 3. The molecule has 5 nitrogen and oxygen atoms in total. The molecule has 0 aliphatic rings. The van der Waals surface area contributed by atoms with E-state index in [1.54, 1.807) is 6.07 Å². The molecule has 1 aromatic carbocycles. The van der Waals surface area contributed by atoms with Crippen molar-refractivity contribution in [1.82, 2.24) is 5.32 Å². The highest BCUT2D eigenvalue weighted by Crippen LogP contribution is 2.14. The number of carboxylic acid groups (broad SMARTS) is 1. The lowest BCUT2D eigenvalue weighted by atomic mass is 10.1. The Kier molecular flexibility index (Phi) is 6.03. The second-order valence-corrected chi connectivity index (χ2v) is 4.93. The minimum atomic E-state index is -1.01. The Morgan fingerprint density at radius 2 is 1.95 bits per heavy atom. The van der Waals surface area contributed by atoms with Crippen LogP contribution in [0.2, 0.25) is 0 Å². The highest BCUT2D eigenvalue weighted by atomic mass is 16.4. The van der Waals surface area contributed by atoms with Crippen LogP contribution in [0, 0.1) is 13.8 Å². The van der Waals surface area contributed by atoms with E-state index in [0.29, 0.717) is 12.1 Å². The van der Waals surface area contributed by atoms with Crippen molar-refractivity contribution in [3.63, 3.8) is 0 Å². The van der Waals surface area contributed by atoms with Crippen LogP contribution in [-0.4, -0.2) is 23.1 Å². The minimum Gasteiger partial charge on any atom is -0.480 e. The van der Waals surface area contributed by atoms with Gasteiger partial charge in [0.25, 0.3) is 0 Å². The number of amides is 2. The Morgan fingerprint density at radius 3 is 2.50 bits per heavy atom. The lowest BCUT2D eigenvalue weighted by Gasteiger charge is -2.15. The molecule has 0 saturated heterocycles. The molecule has 0 aliphatic carbocycles. The summed E-state index contributed by atoms with van der Waals surface area (Å²) in [6, 6.07) is 4.23. The molecule has 0 radical (unpaired) electrons. The van der Waals surface area contributed by atoms with Gasteiger partial charge < -0.3 is 15.7 Å². The normalized spacial score (nSPS) is 11.8. The van der Waals surface area contributed by atoms with Crippen molar-refractivity contribution >= 4 is 17.7 Å². The van der Waals surface area contributed by atoms with Crippen LogP contribution in [0.1, 0.15) is 37.3 Å². The van der Waals surface area contributed by atoms with Crippen molar-refractivity contribution in [3.05, 3.63) is 29.3 Å². The monoisotopic (exact) mass is 278 g/mol. The minimum absolute atomic E-state index is 0.437. The van der Waals surface area contributed by atoms with E-state index in [9.17, 15) is 9.59 Å². The van der Waals surface area contributed by atoms with Crippen molar-refractivity contribution < 1.29 is 14.7 Å². The van der Waals surface area contributed by atoms with Crippen molar-refractivity contribution in [1.29, 1.82) is 0 Å². The average Bonchev–Trinajstić information content (AvgIpc) is 2.38. The number of anilines is 1. The third kappa shape index (κ3) is 4.91. The molecule has 0 aliphatic heterocycles. The van der Waals surface area contributed by atoms with Crippen LogP contribution < -0.4 is 10.6 Å². The topological polar surface area (TPSA) is 78.4 Å². The second kappa shape index (κ2) is 7.53. The molecule has 1 rings (SSSR count). The summed E-state index contributed by atoms with van der Waals surface area (Å²) in [5.74, 6) is -1.01. The van der Waals surface area contributed by atoms with Gasteiger partial charge in [-0.3, -0.25) is 0 Å². The van der Waals surface area contributed by atoms with E-state index < -0.39 is 18.0 Å². The molecule has 0 unspecified atom stereocenters. The number of unbranched alkanes of at least 4 members (excludes halogenated alkanes) is 1. The van der Waals surface area contributed by atoms with E-state index >= 15 is 0 Å². The van der Waals surface area contributed by atoms with Gasteiger partial charge in [0.05, 0.1) is 0 Å². The van der Waals surface area contributed by atoms with Gasteiger partial charge in [0, 0.05) is 5.69 Å². The van der Waals surface area contributed by atoms with E-state index in [0.717, 1.165) is 24.0 Å². The molecular formula is C15H22N2O3. The number of aryl methyl sites for hydroxylation is 2. The summed E-state index contributed by atoms with van der Waals surface area (Å²) in [4.78, 5) is 22.9. The molecule has 0 saturated carbocycles. The zero-order valence-corrected chi connectivity index (χ0v) is 12.2. The van der Waals surface area contributed by atoms with Crippen molar-refractivity contribution in [3.8, 4) is 0 Å². The number of carboxylic acids is 1. The maximum absolute atomic E-state index is 11.8. The van der Waals surface area contributed by atoms with Crippen molar-refractivity contribution in [2.45, 2.75) is 46.1 Å². The van der Waals surface area contributed by atoms with Gasteiger partial charge in [-0.1, -0.05) is 25.8 Å². The van der Waals surface area contributed by atoms with E-state index in [4.69, 9.17) is 5.11 Å². The number of hydrogen-bond acceptors (Lipinski definition) is 2. The van der Waals surface area contributed by atoms with E-state index in [-0.39, 0.29) is 0 Å². The highest BCUT2D eigenvalue weighted by Gasteiger charge is 2.19. The number of nitrogens with one attached hydrogen (secondary N) is 2. The maximum Gasteiger partial charge on any atom is 0.326 e. The van der Waals surface area contributed by atoms with Gasteiger partial charge in [-0.15, -0.1) is 0 Å². The number of rotatable bonds is 6.